The van der Waals surface area contributed by atoms with E-state index < -0.39 is 10.8 Å². The van der Waals surface area contributed by atoms with Crippen molar-refractivity contribution in [3.63, 3.8) is 0 Å². The van der Waals surface area contributed by atoms with Crippen molar-refractivity contribution in [1.29, 1.82) is 0 Å². The first-order valence-electron chi connectivity index (χ1n) is 7.61. The second-order valence-corrected chi connectivity index (χ2v) is 5.62. The van der Waals surface area contributed by atoms with E-state index in [1.54, 1.807) is 12.1 Å². The van der Waals surface area contributed by atoms with Gasteiger partial charge in [0.2, 0.25) is 0 Å². The highest BCUT2D eigenvalue weighted by atomic mass is 16.6. The van der Waals surface area contributed by atoms with Crippen molar-refractivity contribution < 1.29 is 19.6 Å². The molecule has 0 saturated heterocycles. The van der Waals surface area contributed by atoms with Crippen molar-refractivity contribution in [2.45, 2.75) is 6.42 Å². The van der Waals surface area contributed by atoms with E-state index in [0.717, 1.165) is 5.56 Å². The fourth-order valence-electron chi connectivity index (χ4n) is 2.96. The third-order valence-electron chi connectivity index (χ3n) is 4.09. The number of benzene rings is 1. The molecule has 3 rings (SSSR count). The van der Waals surface area contributed by atoms with Gasteiger partial charge < -0.3 is 14.6 Å². The fraction of sp³-hybridized carbons (Fsp3) is 0.222. The molecule has 2 N–H and O–H groups in total. The number of hydrogen-bond acceptors (Lipinski definition) is 5. The van der Waals surface area contributed by atoms with Crippen LogP contribution in [0.2, 0.25) is 0 Å². The lowest BCUT2D eigenvalue weighted by Crippen LogP contribution is -2.14. The summed E-state index contributed by atoms with van der Waals surface area (Å²) in [4.78, 5) is 11.4. The van der Waals surface area contributed by atoms with Gasteiger partial charge in [-0.15, -0.1) is 0 Å². The Balaban J connectivity index is 2.28. The minimum Gasteiger partial charge on any atom is -0.464 e. The summed E-state index contributed by atoms with van der Waals surface area (Å²) in [7, 11) is 0. The lowest BCUT2D eigenvalue weighted by molar-refractivity contribution is -0.384. The molecule has 1 aliphatic heterocycles. The number of nitrogens with zero attached hydrogens (tertiary/aromatic N) is 1. The number of nitro groups is 1. The van der Waals surface area contributed by atoms with Crippen LogP contribution in [0.15, 0.2) is 53.1 Å². The predicted octanol–water partition coefficient (Wildman–Crippen LogP) is 3.10. The quantitative estimate of drug-likeness (QED) is 0.535. The van der Waals surface area contributed by atoms with E-state index in [-0.39, 0.29) is 25.3 Å². The molecule has 124 valence electrons. The molecule has 1 heterocycles. The van der Waals surface area contributed by atoms with E-state index >= 15 is 0 Å². The van der Waals surface area contributed by atoms with E-state index in [4.69, 9.17) is 4.42 Å². The molecular formula is C18H17NO5. The molecule has 1 aliphatic carbocycles. The number of rotatable bonds is 6. The topological polar surface area (TPSA) is 96.7 Å². The molecule has 0 fully saturated rings. The molecule has 0 spiro atoms. The lowest BCUT2D eigenvalue weighted by atomic mass is 10.0. The molecule has 6 heteroatoms. The van der Waals surface area contributed by atoms with Crippen LogP contribution in [-0.4, -0.2) is 28.4 Å². The SMILES string of the molecule is O=[N+]([O-])c1c(CC(CO)CO)c2occcc-2c1-c1ccccc1. The van der Waals surface area contributed by atoms with Crippen LogP contribution in [0.1, 0.15) is 5.56 Å². The van der Waals surface area contributed by atoms with Gasteiger partial charge in [0.25, 0.3) is 5.69 Å². The lowest BCUT2D eigenvalue weighted by Gasteiger charge is -2.10. The minimum atomic E-state index is -0.478. The van der Waals surface area contributed by atoms with Crippen molar-refractivity contribution in [1.82, 2.24) is 0 Å². The van der Waals surface area contributed by atoms with Crippen molar-refractivity contribution >= 4 is 5.69 Å². The van der Waals surface area contributed by atoms with Gasteiger partial charge in [0.1, 0.15) is 5.76 Å². The Labute approximate surface area is 138 Å². The van der Waals surface area contributed by atoms with Crippen LogP contribution in [0.4, 0.5) is 5.69 Å². The van der Waals surface area contributed by atoms with Crippen LogP contribution in [0.3, 0.4) is 0 Å². The van der Waals surface area contributed by atoms with Gasteiger partial charge in [0, 0.05) is 24.7 Å². The Morgan fingerprint density at radius 2 is 1.79 bits per heavy atom. The summed E-state index contributed by atoms with van der Waals surface area (Å²) in [5.41, 5.74) is 2.26. The molecule has 6 nitrogen and oxygen atoms in total. The standard InChI is InChI=1S/C18H17NO5/c20-10-12(11-21)9-15-17(19(22)23)16(13-5-2-1-3-6-13)14-7-4-8-24-18(14)15/h1-8,12,20-21H,9-11H2. The Morgan fingerprint density at radius 1 is 1.08 bits per heavy atom. The number of aliphatic hydroxyl groups excluding tert-OH is 2. The van der Waals surface area contributed by atoms with Gasteiger partial charge in [0.15, 0.2) is 0 Å². The summed E-state index contributed by atoms with van der Waals surface area (Å²) in [5, 5.41) is 30.5. The van der Waals surface area contributed by atoms with Gasteiger partial charge in [-0.3, -0.25) is 10.1 Å². The molecule has 0 radical (unpaired) electrons. The highest BCUT2D eigenvalue weighted by Crippen LogP contribution is 2.48. The molecule has 1 aromatic rings. The third kappa shape index (κ3) is 2.77. The largest absolute Gasteiger partial charge is 0.464 e. The molecule has 24 heavy (non-hydrogen) atoms. The molecule has 1 aromatic carbocycles. The van der Waals surface area contributed by atoms with Crippen LogP contribution in [0, 0.1) is 16.0 Å². The van der Waals surface area contributed by atoms with Gasteiger partial charge in [-0.2, -0.15) is 0 Å². The Hall–Kier alpha value is -2.70. The second-order valence-electron chi connectivity index (χ2n) is 5.62. The van der Waals surface area contributed by atoms with E-state index in [9.17, 15) is 20.3 Å². The minimum absolute atomic E-state index is 0.0296. The van der Waals surface area contributed by atoms with Crippen molar-refractivity contribution in [2.75, 3.05) is 13.2 Å². The third-order valence-corrected chi connectivity index (χ3v) is 4.09. The van der Waals surface area contributed by atoms with E-state index in [0.29, 0.717) is 22.5 Å². The predicted molar refractivity (Wildman–Crippen MR) is 88.8 cm³/mol. The maximum atomic E-state index is 11.8. The van der Waals surface area contributed by atoms with Gasteiger partial charge in [0.05, 0.1) is 22.3 Å². The Bertz CT molecular complexity index is 808. The Kier molecular flexibility index (Phi) is 4.59. The van der Waals surface area contributed by atoms with Crippen LogP contribution in [-0.2, 0) is 6.42 Å². The summed E-state index contributed by atoms with van der Waals surface area (Å²) in [6.45, 7) is -0.512. The molecule has 0 saturated carbocycles. The number of fused-ring (bicyclic) bond motifs is 1. The first kappa shape index (κ1) is 16.2. The molecule has 0 aromatic heterocycles. The summed E-state index contributed by atoms with van der Waals surface area (Å²) >= 11 is 0. The summed E-state index contributed by atoms with van der Waals surface area (Å²) in [5.74, 6) is -0.0525. The molecule has 2 aliphatic rings. The zero-order chi connectivity index (χ0) is 17.1. The molecule has 0 atom stereocenters. The smallest absolute Gasteiger partial charge is 0.284 e. The average molecular weight is 327 g/mol. The van der Waals surface area contributed by atoms with Gasteiger partial charge in [-0.25, -0.2) is 0 Å². The fourth-order valence-corrected chi connectivity index (χ4v) is 2.96. The zero-order valence-corrected chi connectivity index (χ0v) is 12.9. The zero-order valence-electron chi connectivity index (χ0n) is 12.9. The van der Waals surface area contributed by atoms with Crippen LogP contribution in [0.25, 0.3) is 22.5 Å². The van der Waals surface area contributed by atoms with E-state index in [2.05, 4.69) is 0 Å². The van der Waals surface area contributed by atoms with Crippen molar-refractivity contribution in [3.8, 4) is 22.5 Å². The highest BCUT2D eigenvalue weighted by Gasteiger charge is 2.34. The first-order chi connectivity index (χ1) is 11.7. The maximum Gasteiger partial charge on any atom is 0.284 e. The monoisotopic (exact) mass is 327 g/mol. The van der Waals surface area contributed by atoms with Gasteiger partial charge in [-0.05, 0) is 24.1 Å². The van der Waals surface area contributed by atoms with E-state index in [1.165, 1.54) is 6.26 Å². The number of aliphatic hydroxyl groups is 2. The molecule has 0 bridgehead atoms. The van der Waals surface area contributed by atoms with Gasteiger partial charge >= 0.3 is 0 Å². The summed E-state index contributed by atoms with van der Waals surface area (Å²) in [6, 6.07) is 12.6. The Morgan fingerprint density at radius 3 is 2.42 bits per heavy atom. The molecule has 0 amide bonds. The van der Waals surface area contributed by atoms with Crippen LogP contribution >= 0.6 is 0 Å². The normalized spacial score (nSPS) is 11.3. The van der Waals surface area contributed by atoms with Crippen LogP contribution < -0.4 is 0 Å². The summed E-state index contributed by atoms with van der Waals surface area (Å²) < 4.78 is 5.56. The number of hydrogen-bond donors (Lipinski definition) is 2. The molecule has 0 unspecified atom stereocenters. The van der Waals surface area contributed by atoms with E-state index in [1.807, 2.05) is 30.3 Å². The maximum absolute atomic E-state index is 11.8. The van der Waals surface area contributed by atoms with Crippen molar-refractivity contribution in [2.24, 2.45) is 5.92 Å². The van der Waals surface area contributed by atoms with Crippen LogP contribution in [0.5, 0.6) is 0 Å². The van der Waals surface area contributed by atoms with Gasteiger partial charge in [-0.1, -0.05) is 30.3 Å². The first-order valence-corrected chi connectivity index (χ1v) is 7.61. The van der Waals surface area contributed by atoms with Crippen molar-refractivity contribution in [3.05, 3.63) is 64.4 Å². The molecular weight excluding hydrogens is 310 g/mol. The highest BCUT2D eigenvalue weighted by molar-refractivity contribution is 5.95. The second kappa shape index (κ2) is 6.82. The summed E-state index contributed by atoms with van der Waals surface area (Å²) in [6.07, 6.45) is 1.64. The average Bonchev–Trinajstić information content (AvgIpc) is 2.95.